The van der Waals surface area contributed by atoms with E-state index in [-0.39, 0.29) is 17.2 Å². The van der Waals surface area contributed by atoms with Gasteiger partial charge in [-0.3, -0.25) is 4.79 Å². The molecule has 0 aliphatic carbocycles. The first-order chi connectivity index (χ1) is 10.4. The zero-order valence-corrected chi connectivity index (χ0v) is 13.2. The van der Waals surface area contributed by atoms with Crippen molar-refractivity contribution in [2.45, 2.75) is 39.5 Å². The lowest BCUT2D eigenvalue weighted by Crippen LogP contribution is -2.43. The molecule has 0 N–H and O–H groups in total. The van der Waals surface area contributed by atoms with E-state index in [1.165, 1.54) is 0 Å². The largest absolute Gasteiger partial charge is 0.459 e. The van der Waals surface area contributed by atoms with Crippen LogP contribution in [0.4, 0.5) is 0 Å². The molecule has 0 unspecified atom stereocenters. The van der Waals surface area contributed by atoms with Crippen LogP contribution in [0.5, 0.6) is 0 Å². The van der Waals surface area contributed by atoms with E-state index in [4.69, 9.17) is 8.83 Å². The van der Waals surface area contributed by atoms with Crippen molar-refractivity contribution in [1.29, 1.82) is 0 Å². The van der Waals surface area contributed by atoms with Gasteiger partial charge in [0.2, 0.25) is 11.8 Å². The quantitative estimate of drug-likeness (QED) is 0.852. The summed E-state index contributed by atoms with van der Waals surface area (Å²) in [5, 5.41) is 8.17. The van der Waals surface area contributed by atoms with Crippen molar-refractivity contribution < 1.29 is 13.6 Å². The Labute approximate surface area is 129 Å². The third kappa shape index (κ3) is 2.91. The number of hydrogen-bond donors (Lipinski definition) is 0. The highest BCUT2D eigenvalue weighted by Gasteiger charge is 2.32. The molecule has 0 radical (unpaired) electrons. The molecule has 1 saturated heterocycles. The molecule has 0 spiro atoms. The van der Waals surface area contributed by atoms with Gasteiger partial charge in [-0.2, -0.15) is 0 Å². The molecule has 22 heavy (non-hydrogen) atoms. The highest BCUT2D eigenvalue weighted by molar-refractivity contribution is 5.81. The topological polar surface area (TPSA) is 72.4 Å². The van der Waals surface area contributed by atoms with Gasteiger partial charge in [-0.25, -0.2) is 0 Å². The molecular formula is C16H21N3O3. The third-order valence-electron chi connectivity index (χ3n) is 3.95. The van der Waals surface area contributed by atoms with Gasteiger partial charge in [-0.15, -0.1) is 10.2 Å². The lowest BCUT2D eigenvalue weighted by Gasteiger charge is -2.34. The van der Waals surface area contributed by atoms with Gasteiger partial charge in [0.05, 0.1) is 6.26 Å². The summed E-state index contributed by atoms with van der Waals surface area (Å²) < 4.78 is 11.0. The minimum absolute atomic E-state index is 0.202. The van der Waals surface area contributed by atoms with Gasteiger partial charge in [-0.1, -0.05) is 20.8 Å². The van der Waals surface area contributed by atoms with Gasteiger partial charge in [0, 0.05) is 24.4 Å². The summed E-state index contributed by atoms with van der Waals surface area (Å²) >= 11 is 0. The molecule has 1 fully saturated rings. The van der Waals surface area contributed by atoms with E-state index in [1.807, 2.05) is 25.7 Å². The van der Waals surface area contributed by atoms with Crippen LogP contribution in [0.2, 0.25) is 0 Å². The Morgan fingerprint density at radius 3 is 2.59 bits per heavy atom. The van der Waals surface area contributed by atoms with Gasteiger partial charge in [0.1, 0.15) is 0 Å². The number of piperidine rings is 1. The molecule has 3 rings (SSSR count). The SMILES string of the molecule is CC(C)(C)C(=O)N1CCC(c2nnc(-c3ccco3)o2)CC1. The molecule has 1 aliphatic heterocycles. The Kier molecular flexibility index (Phi) is 3.76. The summed E-state index contributed by atoms with van der Waals surface area (Å²) in [6, 6.07) is 3.58. The number of hydrogen-bond acceptors (Lipinski definition) is 5. The van der Waals surface area contributed by atoms with Crippen molar-refractivity contribution in [3.63, 3.8) is 0 Å². The lowest BCUT2D eigenvalue weighted by atomic mass is 9.91. The van der Waals surface area contributed by atoms with E-state index < -0.39 is 0 Å². The maximum absolute atomic E-state index is 12.3. The number of carbonyl (C=O) groups excluding carboxylic acids is 1. The molecule has 2 aromatic heterocycles. The zero-order valence-electron chi connectivity index (χ0n) is 13.2. The first-order valence-electron chi connectivity index (χ1n) is 7.62. The van der Waals surface area contributed by atoms with Crippen molar-refractivity contribution >= 4 is 5.91 Å². The number of carbonyl (C=O) groups is 1. The Morgan fingerprint density at radius 2 is 2.00 bits per heavy atom. The van der Waals surface area contributed by atoms with E-state index >= 15 is 0 Å². The van der Waals surface area contributed by atoms with E-state index in [0.717, 1.165) is 25.9 Å². The average Bonchev–Trinajstić information content (AvgIpc) is 3.16. The van der Waals surface area contributed by atoms with Gasteiger partial charge in [0.15, 0.2) is 5.76 Å². The summed E-state index contributed by atoms with van der Waals surface area (Å²) in [4.78, 5) is 14.2. The summed E-state index contributed by atoms with van der Waals surface area (Å²) in [5.41, 5.74) is -0.330. The first kappa shape index (κ1) is 14.8. The second-order valence-corrected chi connectivity index (χ2v) is 6.74. The summed E-state index contributed by atoms with van der Waals surface area (Å²) in [6.07, 6.45) is 3.28. The normalized spacial score (nSPS) is 17.0. The van der Waals surface area contributed by atoms with Crippen molar-refractivity contribution in [2.75, 3.05) is 13.1 Å². The van der Waals surface area contributed by atoms with Gasteiger partial charge in [-0.05, 0) is 25.0 Å². The summed E-state index contributed by atoms with van der Waals surface area (Å²) in [7, 11) is 0. The van der Waals surface area contributed by atoms with Crippen LogP contribution in [-0.2, 0) is 4.79 Å². The maximum atomic E-state index is 12.3. The minimum Gasteiger partial charge on any atom is -0.459 e. The van der Waals surface area contributed by atoms with Gasteiger partial charge in [0.25, 0.3) is 5.89 Å². The number of amides is 1. The first-order valence-corrected chi connectivity index (χ1v) is 7.62. The summed E-state index contributed by atoms with van der Waals surface area (Å²) in [5.74, 6) is 2.04. The molecule has 0 aromatic carbocycles. The molecule has 118 valence electrons. The van der Waals surface area contributed by atoms with Crippen LogP contribution in [0.25, 0.3) is 11.7 Å². The van der Waals surface area contributed by atoms with E-state index in [9.17, 15) is 4.79 Å². The molecule has 6 nitrogen and oxygen atoms in total. The Morgan fingerprint density at radius 1 is 1.27 bits per heavy atom. The van der Waals surface area contributed by atoms with Gasteiger partial charge < -0.3 is 13.7 Å². The number of rotatable bonds is 2. The van der Waals surface area contributed by atoms with E-state index in [0.29, 0.717) is 17.5 Å². The van der Waals surface area contributed by atoms with Crippen LogP contribution in [-0.4, -0.2) is 34.1 Å². The molecule has 6 heteroatoms. The summed E-state index contributed by atoms with van der Waals surface area (Å²) in [6.45, 7) is 7.33. The smallest absolute Gasteiger partial charge is 0.283 e. The minimum atomic E-state index is -0.330. The van der Waals surface area contributed by atoms with Crippen molar-refractivity contribution in [3.8, 4) is 11.7 Å². The van der Waals surface area contributed by atoms with Crippen LogP contribution in [0.3, 0.4) is 0 Å². The van der Waals surface area contributed by atoms with Crippen LogP contribution >= 0.6 is 0 Å². The van der Waals surface area contributed by atoms with Crippen molar-refractivity contribution in [1.82, 2.24) is 15.1 Å². The molecule has 0 atom stereocenters. The van der Waals surface area contributed by atoms with Crippen molar-refractivity contribution in [3.05, 3.63) is 24.3 Å². The Hall–Kier alpha value is -2.11. The van der Waals surface area contributed by atoms with E-state index in [2.05, 4.69) is 10.2 Å². The Balaban J connectivity index is 1.64. The fourth-order valence-electron chi connectivity index (χ4n) is 2.70. The fraction of sp³-hybridized carbons (Fsp3) is 0.562. The predicted octanol–water partition coefficient (Wildman–Crippen LogP) is 3.08. The second kappa shape index (κ2) is 5.59. The highest BCUT2D eigenvalue weighted by Crippen LogP contribution is 2.31. The highest BCUT2D eigenvalue weighted by atomic mass is 16.4. The molecule has 0 bridgehead atoms. The van der Waals surface area contributed by atoms with Crippen molar-refractivity contribution in [2.24, 2.45) is 5.41 Å². The average molecular weight is 303 g/mol. The van der Waals surface area contributed by atoms with Crippen LogP contribution in [0.15, 0.2) is 27.2 Å². The standard InChI is InChI=1S/C16H21N3O3/c1-16(2,3)15(20)19-8-6-11(7-9-19)13-17-18-14(22-13)12-5-4-10-21-12/h4-5,10-11H,6-9H2,1-3H3. The Bertz CT molecular complexity index is 632. The van der Waals surface area contributed by atoms with Crippen LogP contribution < -0.4 is 0 Å². The van der Waals surface area contributed by atoms with Crippen LogP contribution in [0.1, 0.15) is 45.4 Å². The predicted molar refractivity (Wildman–Crippen MR) is 80.0 cm³/mol. The second-order valence-electron chi connectivity index (χ2n) is 6.74. The molecule has 3 heterocycles. The molecule has 1 aliphatic rings. The zero-order chi connectivity index (χ0) is 15.7. The molecular weight excluding hydrogens is 282 g/mol. The molecule has 0 saturated carbocycles. The molecule has 2 aromatic rings. The van der Waals surface area contributed by atoms with Crippen LogP contribution in [0, 0.1) is 5.41 Å². The monoisotopic (exact) mass is 303 g/mol. The lowest BCUT2D eigenvalue weighted by molar-refractivity contribution is -0.140. The third-order valence-corrected chi connectivity index (χ3v) is 3.95. The molecule has 1 amide bonds. The maximum Gasteiger partial charge on any atom is 0.283 e. The number of aromatic nitrogens is 2. The number of furan rings is 1. The van der Waals surface area contributed by atoms with E-state index in [1.54, 1.807) is 18.4 Å². The number of nitrogens with zero attached hydrogens (tertiary/aromatic N) is 3. The van der Waals surface area contributed by atoms with Gasteiger partial charge >= 0.3 is 0 Å². The fourth-order valence-corrected chi connectivity index (χ4v) is 2.70. The number of likely N-dealkylation sites (tertiary alicyclic amines) is 1.